The van der Waals surface area contributed by atoms with E-state index in [1.165, 1.54) is 0 Å². The maximum atomic E-state index is 11.8. The lowest BCUT2D eigenvalue weighted by Gasteiger charge is -2.16. The molecule has 1 heterocycles. The highest BCUT2D eigenvalue weighted by Gasteiger charge is 2.15. The van der Waals surface area contributed by atoms with Crippen LogP contribution in [0.1, 0.15) is 32.9 Å². The van der Waals surface area contributed by atoms with E-state index in [1.54, 1.807) is 6.07 Å². The number of fused-ring (bicyclic) bond motifs is 1. The second kappa shape index (κ2) is 7.47. The van der Waals surface area contributed by atoms with E-state index in [4.69, 9.17) is 4.74 Å². The van der Waals surface area contributed by atoms with Gasteiger partial charge in [0, 0.05) is 28.7 Å². The molecule has 0 radical (unpaired) electrons. The van der Waals surface area contributed by atoms with Crippen molar-refractivity contribution >= 4 is 16.7 Å². The molecule has 0 fully saturated rings. The van der Waals surface area contributed by atoms with Crippen LogP contribution in [0.4, 0.5) is 0 Å². The fourth-order valence-corrected chi connectivity index (χ4v) is 3.81. The van der Waals surface area contributed by atoms with Gasteiger partial charge >= 0.3 is 5.97 Å². The van der Waals surface area contributed by atoms with Crippen LogP contribution in [-0.2, 0) is 6.61 Å². The molecule has 0 aliphatic carbocycles. The van der Waals surface area contributed by atoms with Gasteiger partial charge in [-0.15, -0.1) is 0 Å². The van der Waals surface area contributed by atoms with Crippen LogP contribution >= 0.6 is 0 Å². The molecule has 4 rings (SSSR count). The molecule has 0 saturated carbocycles. The highest BCUT2D eigenvalue weighted by atomic mass is 16.5. The summed E-state index contributed by atoms with van der Waals surface area (Å²) >= 11 is 0. The first kappa shape index (κ1) is 18.8. The van der Waals surface area contributed by atoms with Gasteiger partial charge in [-0.25, -0.2) is 4.79 Å². The largest absolute Gasteiger partial charge is 0.488 e. The minimum absolute atomic E-state index is 0.161. The molecular weight excluding hydrogens is 362 g/mol. The van der Waals surface area contributed by atoms with Gasteiger partial charge in [0.2, 0.25) is 0 Å². The van der Waals surface area contributed by atoms with Crippen LogP contribution in [0.5, 0.6) is 5.75 Å². The molecule has 0 aliphatic rings. The van der Waals surface area contributed by atoms with Crippen LogP contribution in [-0.4, -0.2) is 15.6 Å². The first-order chi connectivity index (χ1) is 14.0. The van der Waals surface area contributed by atoms with Crippen molar-refractivity contribution in [3.63, 3.8) is 0 Å². The Balaban J connectivity index is 1.74. The Labute approximate surface area is 170 Å². The van der Waals surface area contributed by atoms with Gasteiger partial charge in [0.15, 0.2) is 0 Å². The van der Waals surface area contributed by atoms with Crippen molar-refractivity contribution < 1.29 is 14.6 Å². The summed E-state index contributed by atoms with van der Waals surface area (Å²) in [6.45, 7) is 6.41. The van der Waals surface area contributed by atoms with Gasteiger partial charge in [0.1, 0.15) is 17.9 Å². The van der Waals surface area contributed by atoms with Crippen molar-refractivity contribution in [2.24, 2.45) is 0 Å². The van der Waals surface area contributed by atoms with E-state index in [9.17, 15) is 9.90 Å². The summed E-state index contributed by atoms with van der Waals surface area (Å²) in [6.07, 6.45) is 0. The molecular formula is C25H23NO3. The lowest BCUT2D eigenvalue weighted by atomic mass is 10.0. The zero-order chi connectivity index (χ0) is 20.5. The Bertz CT molecular complexity index is 1200. The zero-order valence-corrected chi connectivity index (χ0v) is 16.8. The summed E-state index contributed by atoms with van der Waals surface area (Å²) in [4.78, 5) is 11.8. The number of aryl methyl sites for hydroxylation is 3. The number of hydrogen-bond donors (Lipinski definition) is 1. The van der Waals surface area contributed by atoms with E-state index in [0.717, 1.165) is 39.0 Å². The van der Waals surface area contributed by atoms with Crippen LogP contribution in [0.15, 0.2) is 66.7 Å². The Morgan fingerprint density at radius 1 is 0.931 bits per heavy atom. The summed E-state index contributed by atoms with van der Waals surface area (Å²) in [5.41, 5.74) is 5.41. The summed E-state index contributed by atoms with van der Waals surface area (Å²) < 4.78 is 8.18. The van der Waals surface area contributed by atoms with E-state index < -0.39 is 5.97 Å². The number of nitrogens with zero attached hydrogens (tertiary/aromatic N) is 1. The van der Waals surface area contributed by atoms with E-state index in [0.29, 0.717) is 12.4 Å². The number of carbonyl (C=O) groups is 1. The minimum atomic E-state index is -0.998. The standard InChI is InChI=1S/C25H23NO3/c1-16-8-11-19-6-4-5-7-21(19)23(16)15-29-24-14-20(12-13-22(24)25(27)28)26-17(2)9-10-18(26)3/h4-14H,15H2,1-3H3,(H,27,28). The normalized spacial score (nSPS) is 11.0. The minimum Gasteiger partial charge on any atom is -0.488 e. The molecule has 0 atom stereocenters. The SMILES string of the molecule is Cc1ccc2ccccc2c1COc1cc(-n2c(C)ccc2C)ccc1C(=O)O. The number of rotatable bonds is 5. The molecule has 3 aromatic carbocycles. The quantitative estimate of drug-likeness (QED) is 0.470. The molecule has 0 unspecified atom stereocenters. The second-order valence-corrected chi connectivity index (χ2v) is 7.31. The van der Waals surface area contributed by atoms with Gasteiger partial charge in [-0.2, -0.15) is 0 Å². The van der Waals surface area contributed by atoms with Crippen LogP contribution in [0.25, 0.3) is 16.5 Å². The van der Waals surface area contributed by atoms with Crippen LogP contribution < -0.4 is 4.74 Å². The molecule has 0 saturated heterocycles. The van der Waals surface area contributed by atoms with Crippen molar-refractivity contribution in [3.05, 3.63) is 94.8 Å². The molecule has 4 heteroatoms. The summed E-state index contributed by atoms with van der Waals surface area (Å²) in [6, 6.07) is 21.6. The fourth-order valence-electron chi connectivity index (χ4n) is 3.81. The van der Waals surface area contributed by atoms with Crippen LogP contribution in [0.3, 0.4) is 0 Å². The molecule has 4 aromatic rings. The third-order valence-corrected chi connectivity index (χ3v) is 5.37. The predicted octanol–water partition coefficient (Wildman–Crippen LogP) is 5.83. The number of benzene rings is 3. The fraction of sp³-hybridized carbons (Fsp3) is 0.160. The molecule has 146 valence electrons. The van der Waals surface area contributed by atoms with E-state index in [2.05, 4.69) is 28.8 Å². The Hall–Kier alpha value is -3.53. The molecule has 0 aliphatic heterocycles. The number of aromatic nitrogens is 1. The molecule has 0 bridgehead atoms. The van der Waals surface area contributed by atoms with Gasteiger partial charge in [-0.05, 0) is 61.4 Å². The molecule has 29 heavy (non-hydrogen) atoms. The van der Waals surface area contributed by atoms with Crippen LogP contribution in [0.2, 0.25) is 0 Å². The van der Waals surface area contributed by atoms with Crippen molar-refractivity contribution in [1.82, 2.24) is 4.57 Å². The maximum absolute atomic E-state index is 11.8. The molecule has 4 nitrogen and oxygen atoms in total. The lowest BCUT2D eigenvalue weighted by Crippen LogP contribution is -2.07. The monoisotopic (exact) mass is 385 g/mol. The van der Waals surface area contributed by atoms with E-state index >= 15 is 0 Å². The van der Waals surface area contributed by atoms with Crippen LogP contribution in [0, 0.1) is 20.8 Å². The maximum Gasteiger partial charge on any atom is 0.339 e. The number of ether oxygens (including phenoxy) is 1. The average molecular weight is 385 g/mol. The zero-order valence-electron chi connectivity index (χ0n) is 16.8. The second-order valence-electron chi connectivity index (χ2n) is 7.31. The van der Waals surface area contributed by atoms with E-state index in [-0.39, 0.29) is 5.56 Å². The number of carboxylic acids is 1. The molecule has 1 aromatic heterocycles. The predicted molar refractivity (Wildman–Crippen MR) is 115 cm³/mol. The summed E-state index contributed by atoms with van der Waals surface area (Å²) in [7, 11) is 0. The number of hydrogen-bond acceptors (Lipinski definition) is 2. The summed E-state index contributed by atoms with van der Waals surface area (Å²) in [5.74, 6) is -0.628. The highest BCUT2D eigenvalue weighted by molar-refractivity contribution is 5.91. The third kappa shape index (κ3) is 3.49. The first-order valence-corrected chi connectivity index (χ1v) is 9.58. The molecule has 0 amide bonds. The van der Waals surface area contributed by atoms with Gasteiger partial charge in [-0.3, -0.25) is 0 Å². The number of carboxylic acid groups (broad SMARTS) is 1. The van der Waals surface area contributed by atoms with Gasteiger partial charge in [-0.1, -0.05) is 36.4 Å². The van der Waals surface area contributed by atoms with Crippen molar-refractivity contribution in [2.45, 2.75) is 27.4 Å². The Kier molecular flexibility index (Phi) is 4.85. The highest BCUT2D eigenvalue weighted by Crippen LogP contribution is 2.28. The smallest absolute Gasteiger partial charge is 0.339 e. The average Bonchev–Trinajstić information content (AvgIpc) is 3.05. The first-order valence-electron chi connectivity index (χ1n) is 9.58. The van der Waals surface area contributed by atoms with Crippen molar-refractivity contribution in [3.8, 4) is 11.4 Å². The molecule has 0 spiro atoms. The van der Waals surface area contributed by atoms with Gasteiger partial charge in [0.05, 0.1) is 0 Å². The van der Waals surface area contributed by atoms with Gasteiger partial charge < -0.3 is 14.4 Å². The topological polar surface area (TPSA) is 51.5 Å². The van der Waals surface area contributed by atoms with Crippen molar-refractivity contribution in [1.29, 1.82) is 0 Å². The number of aromatic carboxylic acids is 1. The Morgan fingerprint density at radius 2 is 1.66 bits per heavy atom. The third-order valence-electron chi connectivity index (χ3n) is 5.37. The Morgan fingerprint density at radius 3 is 2.38 bits per heavy atom. The summed E-state index contributed by atoms with van der Waals surface area (Å²) in [5, 5.41) is 11.9. The lowest BCUT2D eigenvalue weighted by molar-refractivity contribution is 0.0692. The molecule has 1 N–H and O–H groups in total. The van der Waals surface area contributed by atoms with Crippen molar-refractivity contribution in [2.75, 3.05) is 0 Å². The van der Waals surface area contributed by atoms with Gasteiger partial charge in [0.25, 0.3) is 0 Å². The van der Waals surface area contributed by atoms with E-state index in [1.807, 2.05) is 57.2 Å².